The zero-order valence-corrected chi connectivity index (χ0v) is 31.0. The number of fused-ring (bicyclic) bond motifs is 3. The molecule has 1 heterocycles. The van der Waals surface area contributed by atoms with Crippen molar-refractivity contribution < 1.29 is 0 Å². The number of hydrogen-bond acceptors (Lipinski definition) is 2. The Hall–Kier alpha value is -6.38. The first kappa shape index (κ1) is 33.7. The molecule has 2 heteroatoms. The van der Waals surface area contributed by atoms with E-state index in [1.165, 1.54) is 77.2 Å². The van der Waals surface area contributed by atoms with Gasteiger partial charge in [-0.25, -0.2) is 9.97 Å². The van der Waals surface area contributed by atoms with Crippen LogP contribution in [0.1, 0.15) is 27.9 Å². The molecular weight excluding hydrogens is 641 g/mol. The smallest absolute Gasteiger partial charge is 0.0922 e. The summed E-state index contributed by atoms with van der Waals surface area (Å²) in [5.41, 5.74) is 18.1. The highest BCUT2D eigenvalue weighted by atomic mass is 14.8. The standard InChI is InChI=1S/C30H26.C21H16N2/c1-19-11-5-7-13-24(19)29-21(3)22(4)30(27-16-10-9-15-26(27)29)28-20(2)17-18-23-12-6-8-14-25(23)28;1-15-21(23-20-10-6-5-9-19(20)22-15)18-13-11-17(12-14-18)16-7-3-2-4-8-16/h5-18H,1-4H3;2-14H,1H3. The lowest BCUT2D eigenvalue weighted by Gasteiger charge is -2.22. The highest BCUT2D eigenvalue weighted by Crippen LogP contribution is 2.45. The molecule has 9 rings (SSSR count). The van der Waals surface area contributed by atoms with Gasteiger partial charge in [0.1, 0.15) is 0 Å². The first-order valence-corrected chi connectivity index (χ1v) is 18.3. The van der Waals surface area contributed by atoms with Crippen molar-refractivity contribution in [3.05, 3.63) is 192 Å². The molecule has 0 spiro atoms. The SMILES string of the molecule is Cc1ccccc1-c1c(C)c(C)c(-c2c(C)ccc3ccccc23)c2ccccc12.Cc1nc2ccccc2nc1-c1ccc(-c2ccccc2)cc1. The maximum absolute atomic E-state index is 4.78. The summed E-state index contributed by atoms with van der Waals surface area (Å²) in [5, 5.41) is 5.28. The molecule has 0 aliphatic rings. The Morgan fingerprint density at radius 3 is 1.58 bits per heavy atom. The van der Waals surface area contributed by atoms with Crippen LogP contribution in [-0.4, -0.2) is 9.97 Å². The van der Waals surface area contributed by atoms with Gasteiger partial charge in [0.05, 0.1) is 22.4 Å². The van der Waals surface area contributed by atoms with Gasteiger partial charge in [0, 0.05) is 5.56 Å². The molecule has 0 unspecified atom stereocenters. The molecule has 256 valence electrons. The number of aryl methyl sites for hydroxylation is 3. The van der Waals surface area contributed by atoms with Crippen molar-refractivity contribution in [3.8, 4) is 44.6 Å². The predicted molar refractivity (Wildman–Crippen MR) is 226 cm³/mol. The van der Waals surface area contributed by atoms with Crippen LogP contribution in [0, 0.1) is 34.6 Å². The molecule has 8 aromatic carbocycles. The van der Waals surface area contributed by atoms with E-state index in [0.717, 1.165) is 28.0 Å². The molecule has 0 saturated heterocycles. The highest BCUT2D eigenvalue weighted by Gasteiger charge is 2.20. The van der Waals surface area contributed by atoms with E-state index >= 15 is 0 Å². The monoisotopic (exact) mass is 682 g/mol. The largest absolute Gasteiger partial charge is 0.249 e. The van der Waals surface area contributed by atoms with E-state index in [0.29, 0.717) is 0 Å². The maximum atomic E-state index is 4.78. The van der Waals surface area contributed by atoms with E-state index in [9.17, 15) is 0 Å². The Kier molecular flexibility index (Phi) is 9.12. The molecule has 0 N–H and O–H groups in total. The Labute approximate surface area is 312 Å². The van der Waals surface area contributed by atoms with Gasteiger partial charge in [0.15, 0.2) is 0 Å². The van der Waals surface area contributed by atoms with Crippen LogP contribution in [0.25, 0.3) is 77.2 Å². The second kappa shape index (κ2) is 14.3. The first-order chi connectivity index (χ1) is 25.9. The molecule has 0 saturated carbocycles. The molecule has 0 bridgehead atoms. The van der Waals surface area contributed by atoms with Crippen LogP contribution < -0.4 is 0 Å². The summed E-state index contributed by atoms with van der Waals surface area (Å²) in [4.78, 5) is 9.45. The highest BCUT2D eigenvalue weighted by molar-refractivity contribution is 6.12. The van der Waals surface area contributed by atoms with Crippen LogP contribution in [-0.2, 0) is 0 Å². The van der Waals surface area contributed by atoms with Gasteiger partial charge in [0.25, 0.3) is 0 Å². The van der Waals surface area contributed by atoms with Crippen molar-refractivity contribution in [2.24, 2.45) is 0 Å². The number of benzene rings is 8. The summed E-state index contributed by atoms with van der Waals surface area (Å²) in [6, 6.07) is 57.8. The number of rotatable bonds is 4. The summed E-state index contributed by atoms with van der Waals surface area (Å²) >= 11 is 0. The average Bonchev–Trinajstić information content (AvgIpc) is 3.20. The Balaban J connectivity index is 0.000000156. The van der Waals surface area contributed by atoms with Crippen molar-refractivity contribution >= 4 is 32.6 Å². The summed E-state index contributed by atoms with van der Waals surface area (Å²) in [5.74, 6) is 0. The summed E-state index contributed by atoms with van der Waals surface area (Å²) in [6.07, 6.45) is 0. The Bertz CT molecular complexity index is 2760. The van der Waals surface area contributed by atoms with E-state index < -0.39 is 0 Å². The molecular formula is C51H42N2. The first-order valence-electron chi connectivity index (χ1n) is 18.3. The quantitative estimate of drug-likeness (QED) is 0.185. The van der Waals surface area contributed by atoms with E-state index in [1.807, 2.05) is 37.3 Å². The fourth-order valence-corrected chi connectivity index (χ4v) is 7.75. The lowest BCUT2D eigenvalue weighted by atomic mass is 9.81. The van der Waals surface area contributed by atoms with Crippen LogP contribution in [0.4, 0.5) is 0 Å². The third kappa shape index (κ3) is 6.38. The minimum atomic E-state index is 0.931. The molecule has 9 aromatic rings. The molecule has 1 aromatic heterocycles. The van der Waals surface area contributed by atoms with Crippen LogP contribution in [0.15, 0.2) is 164 Å². The van der Waals surface area contributed by atoms with Crippen molar-refractivity contribution in [2.45, 2.75) is 34.6 Å². The Morgan fingerprint density at radius 2 is 0.868 bits per heavy atom. The third-order valence-electron chi connectivity index (χ3n) is 10.6. The number of hydrogen-bond donors (Lipinski definition) is 0. The fourth-order valence-electron chi connectivity index (χ4n) is 7.75. The minimum absolute atomic E-state index is 0.931. The number of para-hydroxylation sites is 2. The number of nitrogens with zero attached hydrogens (tertiary/aromatic N) is 2. The molecule has 0 aliphatic heterocycles. The molecule has 53 heavy (non-hydrogen) atoms. The van der Waals surface area contributed by atoms with Gasteiger partial charge in [0.2, 0.25) is 0 Å². The van der Waals surface area contributed by atoms with E-state index in [2.05, 4.69) is 166 Å². The van der Waals surface area contributed by atoms with Gasteiger partial charge in [-0.3, -0.25) is 0 Å². The maximum Gasteiger partial charge on any atom is 0.0922 e. The summed E-state index contributed by atoms with van der Waals surface area (Å²) in [6.45, 7) is 11.0. The third-order valence-corrected chi connectivity index (χ3v) is 10.6. The summed E-state index contributed by atoms with van der Waals surface area (Å²) < 4.78 is 0. The lowest BCUT2D eigenvalue weighted by molar-refractivity contribution is 1.19. The second-order valence-corrected chi connectivity index (χ2v) is 13.9. The second-order valence-electron chi connectivity index (χ2n) is 13.9. The van der Waals surface area contributed by atoms with Crippen LogP contribution in [0.3, 0.4) is 0 Å². The lowest BCUT2D eigenvalue weighted by Crippen LogP contribution is -1.98. The Morgan fingerprint density at radius 1 is 0.340 bits per heavy atom. The average molecular weight is 683 g/mol. The molecule has 0 aliphatic carbocycles. The zero-order valence-electron chi connectivity index (χ0n) is 31.0. The van der Waals surface area contributed by atoms with Crippen molar-refractivity contribution in [2.75, 3.05) is 0 Å². The topological polar surface area (TPSA) is 25.8 Å². The van der Waals surface area contributed by atoms with E-state index in [-0.39, 0.29) is 0 Å². The molecule has 0 atom stereocenters. The summed E-state index contributed by atoms with van der Waals surface area (Å²) in [7, 11) is 0. The van der Waals surface area contributed by atoms with E-state index in [1.54, 1.807) is 0 Å². The van der Waals surface area contributed by atoms with Gasteiger partial charge >= 0.3 is 0 Å². The predicted octanol–water partition coefficient (Wildman–Crippen LogP) is 13.8. The normalized spacial score (nSPS) is 11.1. The van der Waals surface area contributed by atoms with Gasteiger partial charge in [-0.05, 0) is 124 Å². The van der Waals surface area contributed by atoms with Crippen molar-refractivity contribution in [3.63, 3.8) is 0 Å². The van der Waals surface area contributed by atoms with Crippen molar-refractivity contribution in [1.29, 1.82) is 0 Å². The van der Waals surface area contributed by atoms with Crippen molar-refractivity contribution in [1.82, 2.24) is 9.97 Å². The molecule has 2 nitrogen and oxygen atoms in total. The van der Waals surface area contributed by atoms with Crippen LogP contribution >= 0.6 is 0 Å². The van der Waals surface area contributed by atoms with Gasteiger partial charge < -0.3 is 0 Å². The van der Waals surface area contributed by atoms with E-state index in [4.69, 9.17) is 4.98 Å². The van der Waals surface area contributed by atoms with Gasteiger partial charge in [-0.2, -0.15) is 0 Å². The van der Waals surface area contributed by atoms with Crippen LogP contribution in [0.5, 0.6) is 0 Å². The van der Waals surface area contributed by atoms with Gasteiger partial charge in [-0.1, -0.05) is 152 Å². The molecule has 0 amide bonds. The molecule has 0 fully saturated rings. The molecule has 0 radical (unpaired) electrons. The minimum Gasteiger partial charge on any atom is -0.249 e. The number of aromatic nitrogens is 2. The van der Waals surface area contributed by atoms with Gasteiger partial charge in [-0.15, -0.1) is 0 Å². The zero-order chi connectivity index (χ0) is 36.5. The van der Waals surface area contributed by atoms with Crippen LogP contribution in [0.2, 0.25) is 0 Å². The fraction of sp³-hybridized carbons (Fsp3) is 0.0980.